The van der Waals surface area contributed by atoms with Crippen LogP contribution in [0, 0.1) is 11.8 Å². The van der Waals surface area contributed by atoms with E-state index in [2.05, 4.69) is 11.8 Å². The van der Waals surface area contributed by atoms with Crippen molar-refractivity contribution in [3.63, 3.8) is 0 Å². The van der Waals surface area contributed by atoms with Crippen LogP contribution in [0.4, 0.5) is 0 Å². The Morgan fingerprint density at radius 1 is 1.05 bits per heavy atom. The SMILES string of the molecule is COc1ccccc1COc1ccc(C#CCCO)cc1. The maximum atomic E-state index is 8.68. The molecular formula is C18H18O3. The summed E-state index contributed by atoms with van der Waals surface area (Å²) in [5.74, 6) is 7.47. The Morgan fingerprint density at radius 3 is 2.52 bits per heavy atom. The van der Waals surface area contributed by atoms with Gasteiger partial charge in [-0.15, -0.1) is 0 Å². The van der Waals surface area contributed by atoms with E-state index in [4.69, 9.17) is 14.6 Å². The second-order valence-electron chi connectivity index (χ2n) is 4.40. The Morgan fingerprint density at radius 2 is 1.81 bits per heavy atom. The number of ether oxygens (including phenoxy) is 2. The van der Waals surface area contributed by atoms with Crippen LogP contribution in [-0.2, 0) is 6.61 Å². The first-order valence-electron chi connectivity index (χ1n) is 6.78. The van der Waals surface area contributed by atoms with E-state index in [1.165, 1.54) is 0 Å². The van der Waals surface area contributed by atoms with Crippen molar-refractivity contribution in [2.45, 2.75) is 13.0 Å². The largest absolute Gasteiger partial charge is 0.496 e. The summed E-state index contributed by atoms with van der Waals surface area (Å²) in [6.45, 7) is 0.548. The molecule has 0 saturated carbocycles. The molecule has 0 amide bonds. The van der Waals surface area contributed by atoms with Gasteiger partial charge in [-0.2, -0.15) is 0 Å². The number of benzene rings is 2. The molecule has 108 valence electrons. The second-order valence-corrected chi connectivity index (χ2v) is 4.40. The summed E-state index contributed by atoms with van der Waals surface area (Å²) >= 11 is 0. The lowest BCUT2D eigenvalue weighted by Crippen LogP contribution is -1.98. The van der Waals surface area contributed by atoms with Crippen molar-refractivity contribution in [1.29, 1.82) is 0 Å². The van der Waals surface area contributed by atoms with Crippen LogP contribution in [0.15, 0.2) is 48.5 Å². The zero-order valence-electron chi connectivity index (χ0n) is 12.0. The van der Waals surface area contributed by atoms with Gasteiger partial charge in [0.15, 0.2) is 0 Å². The average Bonchev–Trinajstić information content (AvgIpc) is 2.54. The molecule has 2 aromatic carbocycles. The minimum Gasteiger partial charge on any atom is -0.496 e. The molecule has 0 aromatic heterocycles. The summed E-state index contributed by atoms with van der Waals surface area (Å²) < 4.78 is 11.0. The lowest BCUT2D eigenvalue weighted by molar-refractivity contribution is 0.296. The Balaban J connectivity index is 1.96. The molecule has 0 fully saturated rings. The van der Waals surface area contributed by atoms with Crippen molar-refractivity contribution >= 4 is 0 Å². The fourth-order valence-corrected chi connectivity index (χ4v) is 1.84. The quantitative estimate of drug-likeness (QED) is 0.857. The van der Waals surface area contributed by atoms with E-state index in [1.807, 2.05) is 48.5 Å². The first kappa shape index (κ1) is 15.0. The van der Waals surface area contributed by atoms with E-state index in [0.717, 1.165) is 22.6 Å². The van der Waals surface area contributed by atoms with Gasteiger partial charge in [-0.05, 0) is 30.3 Å². The van der Waals surface area contributed by atoms with Gasteiger partial charge in [0.05, 0.1) is 13.7 Å². The molecule has 0 saturated heterocycles. The third-order valence-electron chi connectivity index (χ3n) is 2.91. The molecule has 0 atom stereocenters. The monoisotopic (exact) mass is 282 g/mol. The number of aliphatic hydroxyl groups is 1. The number of para-hydroxylation sites is 1. The third-order valence-corrected chi connectivity index (χ3v) is 2.91. The highest BCUT2D eigenvalue weighted by atomic mass is 16.5. The first-order chi connectivity index (χ1) is 10.3. The van der Waals surface area contributed by atoms with Crippen LogP contribution in [0.3, 0.4) is 0 Å². The Hall–Kier alpha value is -2.44. The van der Waals surface area contributed by atoms with Crippen LogP contribution in [0.25, 0.3) is 0 Å². The van der Waals surface area contributed by atoms with Crippen LogP contribution in [0.2, 0.25) is 0 Å². The Labute approximate surface area is 125 Å². The molecule has 0 bridgehead atoms. The number of rotatable bonds is 5. The van der Waals surface area contributed by atoms with Crippen molar-refractivity contribution in [3.8, 4) is 23.3 Å². The Kier molecular flexibility index (Phi) is 5.69. The molecule has 2 aromatic rings. The predicted octanol–water partition coefficient (Wildman–Crippen LogP) is 3.01. The van der Waals surface area contributed by atoms with Crippen molar-refractivity contribution in [2.75, 3.05) is 13.7 Å². The van der Waals surface area contributed by atoms with E-state index < -0.39 is 0 Å². The van der Waals surface area contributed by atoms with Gasteiger partial charge in [-0.3, -0.25) is 0 Å². The van der Waals surface area contributed by atoms with Gasteiger partial charge in [0.2, 0.25) is 0 Å². The molecule has 0 aliphatic rings. The average molecular weight is 282 g/mol. The van der Waals surface area contributed by atoms with Gasteiger partial charge in [0.1, 0.15) is 18.1 Å². The molecule has 2 rings (SSSR count). The normalized spacial score (nSPS) is 9.62. The van der Waals surface area contributed by atoms with E-state index in [1.54, 1.807) is 7.11 Å². The Bertz CT molecular complexity index is 621. The van der Waals surface area contributed by atoms with Crippen LogP contribution < -0.4 is 9.47 Å². The summed E-state index contributed by atoms with van der Waals surface area (Å²) in [5.41, 5.74) is 1.92. The molecule has 1 N–H and O–H groups in total. The topological polar surface area (TPSA) is 38.7 Å². The zero-order chi connectivity index (χ0) is 14.9. The number of methoxy groups -OCH3 is 1. The second kappa shape index (κ2) is 7.98. The van der Waals surface area contributed by atoms with E-state index >= 15 is 0 Å². The van der Waals surface area contributed by atoms with Gasteiger partial charge >= 0.3 is 0 Å². The maximum Gasteiger partial charge on any atom is 0.125 e. The summed E-state index contributed by atoms with van der Waals surface area (Å²) in [5, 5.41) is 8.68. The molecule has 21 heavy (non-hydrogen) atoms. The van der Waals surface area contributed by atoms with Gasteiger partial charge in [0, 0.05) is 17.5 Å². The van der Waals surface area contributed by atoms with Crippen molar-refractivity contribution in [1.82, 2.24) is 0 Å². The summed E-state index contributed by atoms with van der Waals surface area (Å²) in [6, 6.07) is 15.4. The molecule has 0 radical (unpaired) electrons. The molecule has 0 heterocycles. The van der Waals surface area contributed by atoms with Crippen LogP contribution in [0.1, 0.15) is 17.5 Å². The molecule has 0 unspecified atom stereocenters. The smallest absolute Gasteiger partial charge is 0.125 e. The lowest BCUT2D eigenvalue weighted by atomic mass is 10.2. The minimum absolute atomic E-state index is 0.0904. The summed E-state index contributed by atoms with van der Waals surface area (Å²) in [6.07, 6.45) is 0.492. The number of hydrogen-bond donors (Lipinski definition) is 1. The van der Waals surface area contributed by atoms with Crippen molar-refractivity contribution < 1.29 is 14.6 Å². The lowest BCUT2D eigenvalue weighted by Gasteiger charge is -2.10. The minimum atomic E-state index is 0.0904. The summed E-state index contributed by atoms with van der Waals surface area (Å²) in [7, 11) is 1.65. The van der Waals surface area contributed by atoms with Crippen LogP contribution in [-0.4, -0.2) is 18.8 Å². The fourth-order valence-electron chi connectivity index (χ4n) is 1.84. The van der Waals surface area contributed by atoms with Gasteiger partial charge in [0.25, 0.3) is 0 Å². The fraction of sp³-hybridized carbons (Fsp3) is 0.222. The van der Waals surface area contributed by atoms with E-state index in [-0.39, 0.29) is 6.61 Å². The highest BCUT2D eigenvalue weighted by Crippen LogP contribution is 2.20. The third kappa shape index (κ3) is 4.55. The molecule has 3 heteroatoms. The van der Waals surface area contributed by atoms with E-state index in [0.29, 0.717) is 13.0 Å². The van der Waals surface area contributed by atoms with Gasteiger partial charge < -0.3 is 14.6 Å². The van der Waals surface area contributed by atoms with Gasteiger partial charge in [-0.25, -0.2) is 0 Å². The predicted molar refractivity (Wildman–Crippen MR) is 82.3 cm³/mol. The molecule has 0 aliphatic heterocycles. The molecule has 0 aliphatic carbocycles. The molecule has 0 spiro atoms. The standard InChI is InChI=1S/C18H18O3/c1-20-18-8-3-2-7-16(18)14-21-17-11-9-15(10-12-17)6-4-5-13-19/h2-3,7-12,19H,5,13-14H2,1H3. The van der Waals surface area contributed by atoms with Crippen LogP contribution in [0.5, 0.6) is 11.5 Å². The summed E-state index contributed by atoms with van der Waals surface area (Å²) in [4.78, 5) is 0. The highest BCUT2D eigenvalue weighted by molar-refractivity contribution is 5.38. The molecular weight excluding hydrogens is 264 g/mol. The molecule has 3 nitrogen and oxygen atoms in total. The highest BCUT2D eigenvalue weighted by Gasteiger charge is 2.02. The van der Waals surface area contributed by atoms with Gasteiger partial charge in [-0.1, -0.05) is 30.0 Å². The van der Waals surface area contributed by atoms with Crippen molar-refractivity contribution in [2.24, 2.45) is 0 Å². The number of aliphatic hydroxyl groups excluding tert-OH is 1. The van der Waals surface area contributed by atoms with E-state index in [9.17, 15) is 0 Å². The van der Waals surface area contributed by atoms with Crippen molar-refractivity contribution in [3.05, 3.63) is 59.7 Å². The van der Waals surface area contributed by atoms with Crippen LogP contribution >= 0.6 is 0 Å². The number of hydrogen-bond acceptors (Lipinski definition) is 3. The first-order valence-corrected chi connectivity index (χ1v) is 6.78. The zero-order valence-corrected chi connectivity index (χ0v) is 12.0. The maximum absolute atomic E-state index is 8.68.